The van der Waals surface area contributed by atoms with Gasteiger partial charge in [0.15, 0.2) is 0 Å². The highest BCUT2D eigenvalue weighted by Gasteiger charge is 2.13. The van der Waals surface area contributed by atoms with Crippen molar-refractivity contribution >= 4 is 29.3 Å². The average molecular weight is 348 g/mol. The molecule has 0 aliphatic rings. The number of aryl methyl sites for hydroxylation is 2. The van der Waals surface area contributed by atoms with Gasteiger partial charge in [-0.05, 0) is 61.2 Å². The van der Waals surface area contributed by atoms with Crippen LogP contribution in [0.25, 0.3) is 0 Å². The van der Waals surface area contributed by atoms with E-state index in [0.29, 0.717) is 10.8 Å². The molecule has 1 amide bonds. The summed E-state index contributed by atoms with van der Waals surface area (Å²) in [7, 11) is 0. The fourth-order valence-electron chi connectivity index (χ4n) is 2.32. The maximum atomic E-state index is 12.2. The number of halogens is 1. The summed E-state index contributed by atoms with van der Waals surface area (Å²) in [6, 6.07) is 14.0. The maximum Gasteiger partial charge on any atom is 0.230 e. The highest BCUT2D eigenvalue weighted by atomic mass is 35.5. The number of nitrogens with one attached hydrogen (secondary N) is 1. The zero-order chi connectivity index (χ0) is 16.8. The van der Waals surface area contributed by atoms with Crippen molar-refractivity contribution in [3.8, 4) is 0 Å². The van der Waals surface area contributed by atoms with Crippen molar-refractivity contribution in [1.29, 1.82) is 0 Å². The molecular formula is C19H22ClNOS. The predicted molar refractivity (Wildman–Crippen MR) is 99.3 cm³/mol. The van der Waals surface area contributed by atoms with Gasteiger partial charge in [-0.15, -0.1) is 11.8 Å². The molecule has 1 atom stereocenters. The number of hydrogen-bond donors (Lipinski definition) is 1. The third-order valence-electron chi connectivity index (χ3n) is 3.86. The van der Waals surface area contributed by atoms with Crippen LogP contribution in [0.1, 0.15) is 36.1 Å². The van der Waals surface area contributed by atoms with Gasteiger partial charge in [0.25, 0.3) is 0 Å². The van der Waals surface area contributed by atoms with E-state index in [1.54, 1.807) is 0 Å². The van der Waals surface area contributed by atoms with Gasteiger partial charge in [-0.25, -0.2) is 0 Å². The van der Waals surface area contributed by atoms with Crippen LogP contribution in [-0.2, 0) is 4.79 Å². The van der Waals surface area contributed by atoms with Crippen molar-refractivity contribution in [2.75, 3.05) is 5.75 Å². The first kappa shape index (κ1) is 17.9. The topological polar surface area (TPSA) is 29.1 Å². The van der Waals surface area contributed by atoms with Crippen LogP contribution in [0.2, 0.25) is 5.02 Å². The Kier molecular flexibility index (Phi) is 6.55. The quantitative estimate of drug-likeness (QED) is 0.717. The zero-order valence-electron chi connectivity index (χ0n) is 13.7. The minimum Gasteiger partial charge on any atom is -0.349 e. The summed E-state index contributed by atoms with van der Waals surface area (Å²) >= 11 is 7.38. The smallest absolute Gasteiger partial charge is 0.230 e. The molecule has 0 aliphatic heterocycles. The second kappa shape index (κ2) is 8.42. The molecule has 0 aliphatic carbocycles. The van der Waals surface area contributed by atoms with Gasteiger partial charge in [-0.2, -0.15) is 0 Å². The van der Waals surface area contributed by atoms with Gasteiger partial charge in [0.1, 0.15) is 0 Å². The Bertz CT molecular complexity index is 670. The third-order valence-corrected chi connectivity index (χ3v) is 5.12. The van der Waals surface area contributed by atoms with Gasteiger partial charge in [0.2, 0.25) is 5.91 Å². The number of benzene rings is 2. The Morgan fingerprint density at radius 1 is 1.13 bits per heavy atom. The summed E-state index contributed by atoms with van der Waals surface area (Å²) < 4.78 is 0. The van der Waals surface area contributed by atoms with Crippen molar-refractivity contribution in [1.82, 2.24) is 5.32 Å². The fourth-order valence-corrected chi connectivity index (χ4v) is 3.15. The van der Waals surface area contributed by atoms with E-state index < -0.39 is 0 Å². The molecular weight excluding hydrogens is 326 g/mol. The van der Waals surface area contributed by atoms with Crippen LogP contribution in [0.15, 0.2) is 47.4 Å². The lowest BCUT2D eigenvalue weighted by atomic mass is 9.99. The first-order chi connectivity index (χ1) is 11.0. The molecule has 2 nitrogen and oxygen atoms in total. The lowest BCUT2D eigenvalue weighted by Crippen LogP contribution is -2.29. The summed E-state index contributed by atoms with van der Waals surface area (Å²) in [6.45, 7) is 6.29. The lowest BCUT2D eigenvalue weighted by molar-refractivity contribution is -0.119. The van der Waals surface area contributed by atoms with Crippen LogP contribution in [0, 0.1) is 13.8 Å². The van der Waals surface area contributed by atoms with Gasteiger partial charge >= 0.3 is 0 Å². The highest BCUT2D eigenvalue weighted by molar-refractivity contribution is 8.00. The second-order valence-electron chi connectivity index (χ2n) is 5.61. The molecule has 0 spiro atoms. The summed E-state index contributed by atoms with van der Waals surface area (Å²) in [5.74, 6) is 0.457. The third kappa shape index (κ3) is 5.29. The summed E-state index contributed by atoms with van der Waals surface area (Å²) in [5.41, 5.74) is 3.69. The highest BCUT2D eigenvalue weighted by Crippen LogP contribution is 2.22. The molecule has 0 radical (unpaired) electrons. The maximum absolute atomic E-state index is 12.2. The summed E-state index contributed by atoms with van der Waals surface area (Å²) in [5, 5.41) is 3.83. The lowest BCUT2D eigenvalue weighted by Gasteiger charge is -2.18. The summed E-state index contributed by atoms with van der Waals surface area (Å²) in [6.07, 6.45) is 0.875. The molecule has 0 aromatic heterocycles. The Hall–Kier alpha value is -1.45. The summed E-state index contributed by atoms with van der Waals surface area (Å²) in [4.78, 5) is 13.3. The zero-order valence-corrected chi connectivity index (χ0v) is 15.3. The number of carbonyl (C=O) groups excluding carboxylic acids is 1. The van der Waals surface area contributed by atoms with E-state index in [2.05, 4.69) is 44.3 Å². The minimum absolute atomic E-state index is 0.0510. The van der Waals surface area contributed by atoms with Gasteiger partial charge in [0, 0.05) is 9.92 Å². The van der Waals surface area contributed by atoms with Gasteiger partial charge in [-0.1, -0.05) is 36.7 Å². The van der Waals surface area contributed by atoms with Crippen LogP contribution < -0.4 is 5.32 Å². The molecule has 0 saturated carbocycles. The van der Waals surface area contributed by atoms with E-state index in [9.17, 15) is 4.79 Å². The van der Waals surface area contributed by atoms with E-state index in [-0.39, 0.29) is 11.9 Å². The molecule has 0 saturated heterocycles. The molecule has 0 unspecified atom stereocenters. The molecule has 1 N–H and O–H groups in total. The van der Waals surface area contributed by atoms with E-state index in [1.165, 1.54) is 28.5 Å². The number of amides is 1. The fraction of sp³-hybridized carbons (Fsp3) is 0.316. The number of thioether (sulfide) groups is 1. The van der Waals surface area contributed by atoms with Crippen molar-refractivity contribution in [2.45, 2.75) is 38.1 Å². The molecule has 0 fully saturated rings. The molecule has 2 rings (SSSR count). The van der Waals surface area contributed by atoms with E-state index in [0.717, 1.165) is 11.3 Å². The predicted octanol–water partition coefficient (Wildman–Crippen LogP) is 5.32. The SMILES string of the molecule is CC[C@H](NC(=O)CSc1ccc(Cl)cc1)c1ccc(C)c(C)c1. The van der Waals surface area contributed by atoms with Crippen LogP contribution >= 0.6 is 23.4 Å². The van der Waals surface area contributed by atoms with Crippen LogP contribution in [0.4, 0.5) is 0 Å². The van der Waals surface area contributed by atoms with E-state index in [4.69, 9.17) is 11.6 Å². The first-order valence-electron chi connectivity index (χ1n) is 7.74. The monoisotopic (exact) mass is 347 g/mol. The molecule has 2 aromatic rings. The van der Waals surface area contributed by atoms with E-state index in [1.807, 2.05) is 24.3 Å². The first-order valence-corrected chi connectivity index (χ1v) is 9.11. The standard InChI is InChI=1S/C19H22ClNOS/c1-4-18(15-6-5-13(2)14(3)11-15)21-19(22)12-23-17-9-7-16(20)8-10-17/h5-11,18H,4,12H2,1-3H3,(H,21,22)/t18-/m0/s1. The van der Waals surface area contributed by atoms with Crippen molar-refractivity contribution < 1.29 is 4.79 Å². The van der Waals surface area contributed by atoms with Crippen LogP contribution in [-0.4, -0.2) is 11.7 Å². The van der Waals surface area contributed by atoms with Crippen molar-refractivity contribution in [2.24, 2.45) is 0 Å². The molecule has 4 heteroatoms. The van der Waals surface area contributed by atoms with Crippen molar-refractivity contribution in [3.05, 3.63) is 64.2 Å². The Morgan fingerprint density at radius 3 is 2.43 bits per heavy atom. The minimum atomic E-state index is 0.0510. The Morgan fingerprint density at radius 2 is 1.83 bits per heavy atom. The van der Waals surface area contributed by atoms with Crippen molar-refractivity contribution in [3.63, 3.8) is 0 Å². The average Bonchev–Trinajstić information content (AvgIpc) is 2.55. The van der Waals surface area contributed by atoms with E-state index >= 15 is 0 Å². The Labute approximate surface area is 147 Å². The largest absolute Gasteiger partial charge is 0.349 e. The van der Waals surface area contributed by atoms with Gasteiger partial charge < -0.3 is 5.32 Å². The number of carbonyl (C=O) groups is 1. The number of hydrogen-bond acceptors (Lipinski definition) is 2. The Balaban J connectivity index is 1.94. The normalized spacial score (nSPS) is 12.0. The second-order valence-corrected chi connectivity index (χ2v) is 7.10. The molecule has 122 valence electrons. The van der Waals surface area contributed by atoms with Crippen LogP contribution in [0.3, 0.4) is 0 Å². The molecule has 23 heavy (non-hydrogen) atoms. The molecule has 0 bridgehead atoms. The number of rotatable bonds is 6. The van der Waals surface area contributed by atoms with Crippen LogP contribution in [0.5, 0.6) is 0 Å². The molecule has 2 aromatic carbocycles. The van der Waals surface area contributed by atoms with Gasteiger partial charge in [-0.3, -0.25) is 4.79 Å². The van der Waals surface area contributed by atoms with Gasteiger partial charge in [0.05, 0.1) is 11.8 Å². The molecule has 0 heterocycles.